The van der Waals surface area contributed by atoms with Crippen LogP contribution >= 0.6 is 0 Å². The average molecular weight is 437 g/mol. The van der Waals surface area contributed by atoms with Crippen LogP contribution < -0.4 is 4.74 Å². The van der Waals surface area contributed by atoms with Crippen LogP contribution in [0.25, 0.3) is 11.5 Å². The molecule has 9 heteroatoms. The van der Waals surface area contributed by atoms with Crippen molar-refractivity contribution in [3.05, 3.63) is 65.7 Å². The van der Waals surface area contributed by atoms with Gasteiger partial charge in [0.2, 0.25) is 5.88 Å². The number of aryl methyl sites for hydroxylation is 1. The van der Waals surface area contributed by atoms with Gasteiger partial charge in [-0.25, -0.2) is 28.7 Å². The molecule has 0 spiro atoms. The van der Waals surface area contributed by atoms with Gasteiger partial charge in [0.15, 0.2) is 5.82 Å². The van der Waals surface area contributed by atoms with E-state index in [1.807, 2.05) is 11.8 Å². The van der Waals surface area contributed by atoms with Crippen LogP contribution in [0.15, 0.2) is 48.9 Å². The molecule has 4 heterocycles. The highest BCUT2D eigenvalue weighted by atomic mass is 19.3. The number of fused-ring (bicyclic) bond motifs is 2. The molecule has 5 rings (SSSR count). The maximum absolute atomic E-state index is 13.5. The normalized spacial score (nSPS) is 21.9. The average Bonchev–Trinajstić information content (AvgIpc) is 3.40. The number of halogens is 2. The van der Waals surface area contributed by atoms with Crippen molar-refractivity contribution in [3.63, 3.8) is 0 Å². The number of ether oxygens (including phenoxy) is 1. The lowest BCUT2D eigenvalue weighted by molar-refractivity contribution is 0.0466. The van der Waals surface area contributed by atoms with E-state index in [1.165, 1.54) is 12.1 Å². The number of carbonyl (C=O) groups is 1. The van der Waals surface area contributed by atoms with Gasteiger partial charge >= 0.3 is 0 Å². The molecule has 1 aliphatic heterocycles. The van der Waals surface area contributed by atoms with Crippen molar-refractivity contribution in [3.8, 4) is 17.4 Å². The first-order chi connectivity index (χ1) is 15.5. The molecule has 2 aliphatic rings. The van der Waals surface area contributed by atoms with Gasteiger partial charge in [-0.05, 0) is 49.9 Å². The van der Waals surface area contributed by atoms with Gasteiger partial charge in [0.1, 0.15) is 11.8 Å². The number of likely N-dealkylation sites (tertiary alicyclic amines) is 1. The summed E-state index contributed by atoms with van der Waals surface area (Å²) in [5.74, 6) is 0.876. The highest BCUT2D eigenvalue weighted by Crippen LogP contribution is 2.41. The summed E-state index contributed by atoms with van der Waals surface area (Å²) in [6.07, 6.45) is 3.19. The molecule has 7 nitrogen and oxygen atoms in total. The van der Waals surface area contributed by atoms with E-state index < -0.39 is 6.43 Å². The van der Waals surface area contributed by atoms with E-state index in [9.17, 15) is 13.6 Å². The molecule has 3 aromatic rings. The highest BCUT2D eigenvalue weighted by Gasteiger charge is 2.48. The molecule has 0 N–H and O–H groups in total. The van der Waals surface area contributed by atoms with Gasteiger partial charge in [0, 0.05) is 42.5 Å². The Morgan fingerprint density at radius 2 is 1.94 bits per heavy atom. The molecule has 2 fully saturated rings. The van der Waals surface area contributed by atoms with Crippen molar-refractivity contribution in [2.75, 3.05) is 6.54 Å². The maximum atomic E-state index is 13.5. The smallest absolute Gasteiger partial charge is 0.265 e. The number of piperidine rings is 1. The van der Waals surface area contributed by atoms with Crippen LogP contribution in [0, 0.1) is 12.8 Å². The molecule has 1 amide bonds. The predicted molar refractivity (Wildman–Crippen MR) is 111 cm³/mol. The molecule has 3 atom stereocenters. The van der Waals surface area contributed by atoms with Crippen molar-refractivity contribution in [1.82, 2.24) is 24.8 Å². The lowest BCUT2D eigenvalue weighted by atomic mass is 10.0. The number of aromatic nitrogens is 4. The molecule has 2 bridgehead atoms. The molecule has 164 valence electrons. The molecule has 3 aromatic heterocycles. The lowest BCUT2D eigenvalue weighted by Crippen LogP contribution is -2.47. The highest BCUT2D eigenvalue weighted by molar-refractivity contribution is 5.99. The Kier molecular flexibility index (Phi) is 5.24. The molecule has 0 radical (unpaired) electrons. The molecule has 0 aromatic carbocycles. The van der Waals surface area contributed by atoms with Crippen LogP contribution in [0.2, 0.25) is 0 Å². The zero-order chi connectivity index (χ0) is 22.2. The standard InChI is InChI=1S/C23H21F2N5O2/c1-13-3-5-16(20(29-13)22-26-7-2-8-27-22)23(31)30-12-14-9-17(30)18(10-14)32-19-6-4-15(11-28-19)21(24)25/h2-8,11,14,17-18,21H,9-10,12H2,1H3/t14-,17+,18-/m1/s1. The summed E-state index contributed by atoms with van der Waals surface area (Å²) < 4.78 is 31.5. The van der Waals surface area contributed by atoms with Gasteiger partial charge in [-0.15, -0.1) is 0 Å². The van der Waals surface area contributed by atoms with Crippen LogP contribution in [0.1, 0.15) is 40.9 Å². The number of amides is 1. The monoisotopic (exact) mass is 437 g/mol. The van der Waals surface area contributed by atoms with Crippen molar-refractivity contribution in [2.45, 2.75) is 38.3 Å². The van der Waals surface area contributed by atoms with Gasteiger partial charge in [-0.2, -0.15) is 0 Å². The van der Waals surface area contributed by atoms with E-state index >= 15 is 0 Å². The van der Waals surface area contributed by atoms with E-state index in [0.717, 1.165) is 24.7 Å². The predicted octanol–water partition coefficient (Wildman–Crippen LogP) is 3.86. The third-order valence-electron chi connectivity index (χ3n) is 6.01. The molecule has 1 saturated heterocycles. The summed E-state index contributed by atoms with van der Waals surface area (Å²) in [7, 11) is 0. The van der Waals surface area contributed by atoms with Crippen LogP contribution in [-0.2, 0) is 0 Å². The van der Waals surface area contributed by atoms with E-state index in [2.05, 4.69) is 19.9 Å². The minimum Gasteiger partial charge on any atom is -0.472 e. The number of pyridine rings is 2. The maximum Gasteiger partial charge on any atom is 0.265 e. The van der Waals surface area contributed by atoms with Crippen LogP contribution in [-0.4, -0.2) is 49.4 Å². The van der Waals surface area contributed by atoms with Gasteiger partial charge in [0.05, 0.1) is 11.6 Å². The second kappa shape index (κ2) is 8.22. The third-order valence-corrected chi connectivity index (χ3v) is 6.01. The molecule has 32 heavy (non-hydrogen) atoms. The number of nitrogens with zero attached hydrogens (tertiary/aromatic N) is 5. The first-order valence-corrected chi connectivity index (χ1v) is 10.5. The molecular formula is C23H21F2N5O2. The SMILES string of the molecule is Cc1ccc(C(=O)N2C[C@H]3C[C@@H](Oc4ccc(C(F)F)cn4)[C@@H]2C3)c(-c2ncccn2)n1. The quantitative estimate of drug-likeness (QED) is 0.603. The second-order valence-corrected chi connectivity index (χ2v) is 8.17. The minimum atomic E-state index is -2.57. The van der Waals surface area contributed by atoms with Gasteiger partial charge in [0.25, 0.3) is 12.3 Å². The number of alkyl halides is 2. The third kappa shape index (κ3) is 3.79. The van der Waals surface area contributed by atoms with E-state index in [-0.39, 0.29) is 29.5 Å². The van der Waals surface area contributed by atoms with Gasteiger partial charge in [-0.1, -0.05) is 0 Å². The zero-order valence-corrected chi connectivity index (χ0v) is 17.4. The lowest BCUT2D eigenvalue weighted by Gasteiger charge is -2.33. The van der Waals surface area contributed by atoms with Crippen molar-refractivity contribution in [1.29, 1.82) is 0 Å². The minimum absolute atomic E-state index is 0.116. The molecule has 1 saturated carbocycles. The van der Waals surface area contributed by atoms with Crippen molar-refractivity contribution < 1.29 is 18.3 Å². The van der Waals surface area contributed by atoms with E-state index in [1.54, 1.807) is 30.6 Å². The topological polar surface area (TPSA) is 81.1 Å². The van der Waals surface area contributed by atoms with Gasteiger partial charge in [-0.3, -0.25) is 4.79 Å². The first kappa shape index (κ1) is 20.4. The second-order valence-electron chi connectivity index (χ2n) is 8.17. The van der Waals surface area contributed by atoms with Gasteiger partial charge < -0.3 is 9.64 Å². The molecule has 1 aliphatic carbocycles. The summed E-state index contributed by atoms with van der Waals surface area (Å²) in [5, 5.41) is 0. The Labute approximate surface area is 183 Å². The van der Waals surface area contributed by atoms with Crippen molar-refractivity contribution in [2.24, 2.45) is 5.92 Å². The molecule has 0 unspecified atom stereocenters. The van der Waals surface area contributed by atoms with Crippen LogP contribution in [0.5, 0.6) is 5.88 Å². The first-order valence-electron chi connectivity index (χ1n) is 10.5. The van der Waals surface area contributed by atoms with Crippen LogP contribution in [0.4, 0.5) is 8.78 Å². The summed E-state index contributed by atoms with van der Waals surface area (Å²) in [6.45, 7) is 2.50. The van der Waals surface area contributed by atoms with Crippen LogP contribution in [0.3, 0.4) is 0 Å². The summed E-state index contributed by atoms with van der Waals surface area (Å²) in [5.41, 5.74) is 1.53. The zero-order valence-electron chi connectivity index (χ0n) is 17.4. The Morgan fingerprint density at radius 3 is 2.62 bits per heavy atom. The molecular weight excluding hydrogens is 416 g/mol. The summed E-state index contributed by atoms with van der Waals surface area (Å²) in [4.78, 5) is 32.4. The fraction of sp³-hybridized carbons (Fsp3) is 0.348. The Balaban J connectivity index is 1.38. The Morgan fingerprint density at radius 1 is 1.12 bits per heavy atom. The van der Waals surface area contributed by atoms with Crippen molar-refractivity contribution >= 4 is 5.91 Å². The van der Waals surface area contributed by atoms with E-state index in [0.29, 0.717) is 29.5 Å². The fourth-order valence-electron chi connectivity index (χ4n) is 4.55. The Bertz CT molecular complexity index is 1130. The van der Waals surface area contributed by atoms with E-state index in [4.69, 9.17) is 4.74 Å². The largest absolute Gasteiger partial charge is 0.472 e. The number of hydrogen-bond donors (Lipinski definition) is 0. The number of hydrogen-bond acceptors (Lipinski definition) is 6. The Hall–Kier alpha value is -3.49. The number of carbonyl (C=O) groups excluding carboxylic acids is 1. The number of rotatable bonds is 5. The summed E-state index contributed by atoms with van der Waals surface area (Å²) in [6, 6.07) is 7.93. The fourth-order valence-corrected chi connectivity index (χ4v) is 4.55. The summed E-state index contributed by atoms with van der Waals surface area (Å²) >= 11 is 0.